The Bertz CT molecular complexity index is 411. The Labute approximate surface area is 99.2 Å². The second-order valence-electron chi connectivity index (χ2n) is 4.30. The number of carboxylic acid groups (broad SMARTS) is 1. The van der Waals surface area contributed by atoms with Crippen LogP contribution in [0, 0.1) is 12.8 Å². The van der Waals surface area contributed by atoms with E-state index >= 15 is 0 Å². The summed E-state index contributed by atoms with van der Waals surface area (Å²) in [5.74, 6) is -0.753. The summed E-state index contributed by atoms with van der Waals surface area (Å²) in [6.45, 7) is 5.54. The fourth-order valence-electron chi connectivity index (χ4n) is 1.45. The average molecular weight is 240 g/mol. The maximum Gasteiger partial charge on any atom is 0.323 e. The third-order valence-corrected chi connectivity index (χ3v) is 2.05. The van der Waals surface area contributed by atoms with Crippen LogP contribution in [0.5, 0.6) is 0 Å². The second-order valence-corrected chi connectivity index (χ2v) is 4.30. The smallest absolute Gasteiger partial charge is 0.323 e. The molecule has 17 heavy (non-hydrogen) atoms. The molecule has 1 amide bonds. The summed E-state index contributed by atoms with van der Waals surface area (Å²) in [5.41, 5.74) is 0.143. The van der Waals surface area contributed by atoms with E-state index in [0.29, 0.717) is 12.3 Å². The van der Waals surface area contributed by atoms with Crippen molar-refractivity contribution in [2.45, 2.75) is 20.8 Å². The van der Waals surface area contributed by atoms with Gasteiger partial charge < -0.3 is 14.5 Å². The molecule has 6 nitrogen and oxygen atoms in total. The summed E-state index contributed by atoms with van der Waals surface area (Å²) in [7, 11) is 0. The van der Waals surface area contributed by atoms with Gasteiger partial charge >= 0.3 is 5.97 Å². The molecular weight excluding hydrogens is 224 g/mol. The first-order valence-electron chi connectivity index (χ1n) is 5.34. The number of hydrogen-bond donors (Lipinski definition) is 1. The van der Waals surface area contributed by atoms with Crippen molar-refractivity contribution in [1.82, 2.24) is 10.1 Å². The number of hydrogen-bond acceptors (Lipinski definition) is 4. The molecule has 1 aromatic heterocycles. The summed E-state index contributed by atoms with van der Waals surface area (Å²) >= 11 is 0. The predicted octanol–water partition coefficient (Wildman–Crippen LogP) is 1.17. The molecule has 0 saturated heterocycles. The number of rotatable bonds is 5. The maximum atomic E-state index is 12.0. The van der Waals surface area contributed by atoms with Crippen LogP contribution in [0.3, 0.4) is 0 Å². The van der Waals surface area contributed by atoms with E-state index in [1.54, 1.807) is 6.92 Å². The van der Waals surface area contributed by atoms with Crippen molar-refractivity contribution in [1.29, 1.82) is 0 Å². The first-order valence-corrected chi connectivity index (χ1v) is 5.34. The van der Waals surface area contributed by atoms with Gasteiger partial charge in [-0.25, -0.2) is 0 Å². The molecule has 6 heteroatoms. The normalized spacial score (nSPS) is 10.6. The number of nitrogens with zero attached hydrogens (tertiary/aromatic N) is 2. The standard InChI is InChI=1S/C11H16N2O4/c1-7(2)5-13(6-10(14)15)11(16)9-4-8(3)17-12-9/h4,7H,5-6H2,1-3H3,(H,14,15). The van der Waals surface area contributed by atoms with Gasteiger partial charge in [0.05, 0.1) is 0 Å². The third-order valence-electron chi connectivity index (χ3n) is 2.05. The molecule has 1 aromatic rings. The molecule has 94 valence electrons. The van der Waals surface area contributed by atoms with Crippen LogP contribution in [0.1, 0.15) is 30.1 Å². The Balaban J connectivity index is 2.82. The van der Waals surface area contributed by atoms with Crippen LogP contribution in [-0.4, -0.2) is 40.1 Å². The Morgan fingerprint density at radius 1 is 1.53 bits per heavy atom. The van der Waals surface area contributed by atoms with Crippen molar-refractivity contribution in [3.05, 3.63) is 17.5 Å². The van der Waals surface area contributed by atoms with E-state index in [1.165, 1.54) is 11.0 Å². The molecule has 0 fully saturated rings. The van der Waals surface area contributed by atoms with Crippen LogP contribution in [0.25, 0.3) is 0 Å². The SMILES string of the molecule is Cc1cc(C(=O)N(CC(=O)O)CC(C)C)no1. The minimum absolute atomic E-state index is 0.143. The van der Waals surface area contributed by atoms with Gasteiger partial charge in [-0.2, -0.15) is 0 Å². The molecule has 0 aliphatic rings. The maximum absolute atomic E-state index is 12.0. The Morgan fingerprint density at radius 3 is 2.59 bits per heavy atom. The fourth-order valence-corrected chi connectivity index (χ4v) is 1.45. The van der Waals surface area contributed by atoms with Crippen LogP contribution in [0.4, 0.5) is 0 Å². The first-order chi connectivity index (χ1) is 7.90. The third kappa shape index (κ3) is 3.90. The van der Waals surface area contributed by atoms with Crippen molar-refractivity contribution in [3.63, 3.8) is 0 Å². The summed E-state index contributed by atoms with van der Waals surface area (Å²) in [5, 5.41) is 12.4. The number of carbonyl (C=O) groups excluding carboxylic acids is 1. The molecular formula is C11H16N2O4. The highest BCUT2D eigenvalue weighted by molar-refractivity contribution is 5.94. The van der Waals surface area contributed by atoms with E-state index in [4.69, 9.17) is 9.63 Å². The zero-order valence-corrected chi connectivity index (χ0v) is 10.1. The lowest BCUT2D eigenvalue weighted by molar-refractivity contribution is -0.137. The Morgan fingerprint density at radius 2 is 2.18 bits per heavy atom. The van der Waals surface area contributed by atoms with Gasteiger partial charge in [-0.05, 0) is 12.8 Å². The highest BCUT2D eigenvalue weighted by Gasteiger charge is 2.22. The van der Waals surface area contributed by atoms with Gasteiger partial charge in [0.25, 0.3) is 5.91 Å². The molecule has 0 aliphatic carbocycles. The zero-order chi connectivity index (χ0) is 13.0. The predicted molar refractivity (Wildman–Crippen MR) is 59.6 cm³/mol. The molecule has 0 spiro atoms. The minimum Gasteiger partial charge on any atom is -0.480 e. The molecule has 0 saturated carbocycles. The first kappa shape index (κ1) is 13.2. The van der Waals surface area contributed by atoms with Crippen LogP contribution in [-0.2, 0) is 4.79 Å². The molecule has 0 bridgehead atoms. The quantitative estimate of drug-likeness (QED) is 0.835. The van der Waals surface area contributed by atoms with Crippen molar-refractivity contribution >= 4 is 11.9 Å². The number of aliphatic carboxylic acids is 1. The van der Waals surface area contributed by atoms with Gasteiger partial charge in [0, 0.05) is 12.6 Å². The molecule has 1 heterocycles. The fraction of sp³-hybridized carbons (Fsp3) is 0.545. The minimum atomic E-state index is -1.04. The summed E-state index contributed by atoms with van der Waals surface area (Å²) in [6.07, 6.45) is 0. The van der Waals surface area contributed by atoms with E-state index in [-0.39, 0.29) is 18.2 Å². The van der Waals surface area contributed by atoms with E-state index in [9.17, 15) is 9.59 Å². The van der Waals surface area contributed by atoms with E-state index < -0.39 is 11.9 Å². The molecule has 1 rings (SSSR count). The van der Waals surface area contributed by atoms with Crippen molar-refractivity contribution in [2.24, 2.45) is 5.92 Å². The van der Waals surface area contributed by atoms with Gasteiger partial charge in [0.15, 0.2) is 5.69 Å². The van der Waals surface area contributed by atoms with E-state index in [1.807, 2.05) is 13.8 Å². The Kier molecular flexibility index (Phi) is 4.25. The second kappa shape index (κ2) is 5.47. The number of carboxylic acids is 1. The summed E-state index contributed by atoms with van der Waals surface area (Å²) in [6, 6.07) is 1.50. The molecule has 1 N–H and O–H groups in total. The summed E-state index contributed by atoms with van der Waals surface area (Å²) in [4.78, 5) is 23.9. The molecule has 0 unspecified atom stereocenters. The molecule has 0 radical (unpaired) electrons. The highest BCUT2D eigenvalue weighted by atomic mass is 16.5. The lowest BCUT2D eigenvalue weighted by atomic mass is 10.2. The van der Waals surface area contributed by atoms with Gasteiger partial charge in [-0.1, -0.05) is 19.0 Å². The van der Waals surface area contributed by atoms with Gasteiger partial charge in [-0.15, -0.1) is 0 Å². The Hall–Kier alpha value is -1.85. The lowest BCUT2D eigenvalue weighted by Gasteiger charge is -2.21. The molecule has 0 atom stereocenters. The lowest BCUT2D eigenvalue weighted by Crippen LogP contribution is -2.38. The number of aromatic nitrogens is 1. The van der Waals surface area contributed by atoms with E-state index in [0.717, 1.165) is 0 Å². The largest absolute Gasteiger partial charge is 0.480 e. The van der Waals surface area contributed by atoms with E-state index in [2.05, 4.69) is 5.16 Å². The number of carbonyl (C=O) groups is 2. The number of amides is 1. The van der Waals surface area contributed by atoms with Crippen LogP contribution >= 0.6 is 0 Å². The number of aryl methyl sites for hydroxylation is 1. The van der Waals surface area contributed by atoms with Crippen LogP contribution < -0.4 is 0 Å². The van der Waals surface area contributed by atoms with Crippen LogP contribution in [0.15, 0.2) is 10.6 Å². The average Bonchev–Trinajstić information content (AvgIpc) is 2.61. The van der Waals surface area contributed by atoms with Gasteiger partial charge in [0.2, 0.25) is 0 Å². The van der Waals surface area contributed by atoms with Crippen molar-refractivity contribution in [3.8, 4) is 0 Å². The monoisotopic (exact) mass is 240 g/mol. The van der Waals surface area contributed by atoms with Gasteiger partial charge in [0.1, 0.15) is 12.3 Å². The zero-order valence-electron chi connectivity index (χ0n) is 10.1. The summed E-state index contributed by atoms with van der Waals surface area (Å²) < 4.78 is 4.80. The van der Waals surface area contributed by atoms with Crippen LogP contribution in [0.2, 0.25) is 0 Å². The molecule has 0 aliphatic heterocycles. The topological polar surface area (TPSA) is 83.6 Å². The van der Waals surface area contributed by atoms with Crippen molar-refractivity contribution in [2.75, 3.05) is 13.1 Å². The highest BCUT2D eigenvalue weighted by Crippen LogP contribution is 2.08. The van der Waals surface area contributed by atoms with Gasteiger partial charge in [-0.3, -0.25) is 9.59 Å². The molecule has 0 aromatic carbocycles. The van der Waals surface area contributed by atoms with Crippen molar-refractivity contribution < 1.29 is 19.2 Å².